The summed E-state index contributed by atoms with van der Waals surface area (Å²) in [7, 11) is 0. The third kappa shape index (κ3) is 2.79. The summed E-state index contributed by atoms with van der Waals surface area (Å²) >= 11 is 0. The highest BCUT2D eigenvalue weighted by molar-refractivity contribution is 5.93. The zero-order valence-corrected chi connectivity index (χ0v) is 11.7. The molecular weight excluding hydrogens is 250 g/mol. The number of carbonyl (C=O) groups excluding carboxylic acids is 1. The number of aromatic nitrogens is 2. The van der Waals surface area contributed by atoms with E-state index in [1.165, 1.54) is 12.8 Å². The fourth-order valence-electron chi connectivity index (χ4n) is 2.38. The second kappa shape index (κ2) is 5.57. The molecule has 1 aromatic heterocycles. The molecule has 1 aliphatic carbocycles. The molecule has 0 radical (unpaired) electrons. The Morgan fingerprint density at radius 1 is 1.30 bits per heavy atom. The molecule has 3 rings (SSSR count). The van der Waals surface area contributed by atoms with E-state index in [-0.39, 0.29) is 5.91 Å². The van der Waals surface area contributed by atoms with Gasteiger partial charge in [0.15, 0.2) is 0 Å². The van der Waals surface area contributed by atoms with Gasteiger partial charge < -0.3 is 4.90 Å². The summed E-state index contributed by atoms with van der Waals surface area (Å²) in [6, 6.07) is 7.64. The first-order chi connectivity index (χ1) is 9.78. The quantitative estimate of drug-likeness (QED) is 0.838. The predicted molar refractivity (Wildman–Crippen MR) is 78.5 cm³/mol. The number of carbonyl (C=O) groups is 1. The van der Waals surface area contributed by atoms with Gasteiger partial charge in [0.1, 0.15) is 5.69 Å². The molecule has 0 saturated heterocycles. The summed E-state index contributed by atoms with van der Waals surface area (Å²) in [5.74, 6) is 0.705. The number of rotatable bonds is 5. The van der Waals surface area contributed by atoms with E-state index in [2.05, 4.69) is 16.9 Å². The Balaban J connectivity index is 1.85. The molecular formula is C16H19N3O. The maximum atomic E-state index is 12.6. The summed E-state index contributed by atoms with van der Waals surface area (Å²) in [6.45, 7) is 3.75. The minimum atomic E-state index is 0.0111. The lowest BCUT2D eigenvalue weighted by molar-refractivity contribution is 0.0742. The molecule has 1 aliphatic rings. The van der Waals surface area contributed by atoms with Crippen molar-refractivity contribution in [2.24, 2.45) is 5.92 Å². The molecule has 2 aromatic rings. The van der Waals surface area contributed by atoms with Crippen LogP contribution < -0.4 is 0 Å². The summed E-state index contributed by atoms with van der Waals surface area (Å²) < 4.78 is 0. The minimum Gasteiger partial charge on any atom is -0.337 e. The first-order valence-electron chi connectivity index (χ1n) is 7.29. The Labute approximate surface area is 118 Å². The Morgan fingerprint density at radius 3 is 2.75 bits per heavy atom. The molecule has 1 amide bonds. The van der Waals surface area contributed by atoms with Crippen molar-refractivity contribution in [3.05, 3.63) is 36.2 Å². The van der Waals surface area contributed by atoms with Crippen LogP contribution in [-0.4, -0.2) is 33.9 Å². The van der Waals surface area contributed by atoms with Gasteiger partial charge in [-0.2, -0.15) is 0 Å². The van der Waals surface area contributed by atoms with Crippen molar-refractivity contribution in [1.29, 1.82) is 0 Å². The molecule has 0 aliphatic heterocycles. The van der Waals surface area contributed by atoms with Gasteiger partial charge in [-0.1, -0.05) is 19.1 Å². The Bertz CT molecular complexity index is 622. The van der Waals surface area contributed by atoms with Crippen molar-refractivity contribution < 1.29 is 4.79 Å². The maximum Gasteiger partial charge on any atom is 0.274 e. The van der Waals surface area contributed by atoms with Gasteiger partial charge in [-0.25, -0.2) is 4.98 Å². The van der Waals surface area contributed by atoms with Crippen molar-refractivity contribution in [1.82, 2.24) is 14.9 Å². The molecule has 1 aromatic carbocycles. The van der Waals surface area contributed by atoms with Crippen LogP contribution in [0.2, 0.25) is 0 Å². The zero-order valence-electron chi connectivity index (χ0n) is 11.7. The number of fused-ring (bicyclic) bond motifs is 1. The lowest BCUT2D eigenvalue weighted by Crippen LogP contribution is -2.34. The van der Waals surface area contributed by atoms with E-state index in [9.17, 15) is 4.79 Å². The molecule has 4 heteroatoms. The highest BCUT2D eigenvalue weighted by Gasteiger charge is 2.27. The van der Waals surface area contributed by atoms with E-state index in [0.29, 0.717) is 11.6 Å². The standard InChI is InChI=1S/C16H19N3O/c1-2-9-19(11-12-7-8-12)16(20)15-10-17-13-5-3-4-6-14(13)18-15/h3-6,10,12H,2,7-9,11H2,1H3. The summed E-state index contributed by atoms with van der Waals surface area (Å²) in [4.78, 5) is 23.3. The first kappa shape index (κ1) is 13.0. The molecule has 4 nitrogen and oxygen atoms in total. The fourth-order valence-corrected chi connectivity index (χ4v) is 2.38. The van der Waals surface area contributed by atoms with Gasteiger partial charge in [0.05, 0.1) is 17.2 Å². The van der Waals surface area contributed by atoms with Crippen molar-refractivity contribution >= 4 is 16.9 Å². The van der Waals surface area contributed by atoms with E-state index in [0.717, 1.165) is 30.5 Å². The average molecular weight is 269 g/mol. The molecule has 20 heavy (non-hydrogen) atoms. The molecule has 0 unspecified atom stereocenters. The normalized spacial score (nSPS) is 14.4. The molecule has 1 heterocycles. The first-order valence-corrected chi connectivity index (χ1v) is 7.29. The van der Waals surface area contributed by atoms with Gasteiger partial charge in [0, 0.05) is 13.1 Å². The van der Waals surface area contributed by atoms with Crippen molar-refractivity contribution in [2.45, 2.75) is 26.2 Å². The smallest absolute Gasteiger partial charge is 0.274 e. The number of para-hydroxylation sites is 2. The van der Waals surface area contributed by atoms with Crippen molar-refractivity contribution in [3.8, 4) is 0 Å². The van der Waals surface area contributed by atoms with Gasteiger partial charge in [-0.3, -0.25) is 9.78 Å². The van der Waals surface area contributed by atoms with E-state index in [1.807, 2.05) is 29.2 Å². The number of hydrogen-bond donors (Lipinski definition) is 0. The van der Waals surface area contributed by atoms with Crippen LogP contribution in [0.4, 0.5) is 0 Å². The van der Waals surface area contributed by atoms with Crippen molar-refractivity contribution in [3.63, 3.8) is 0 Å². The molecule has 1 saturated carbocycles. The van der Waals surface area contributed by atoms with Crippen LogP contribution in [0.15, 0.2) is 30.5 Å². The molecule has 0 atom stereocenters. The van der Waals surface area contributed by atoms with Crippen LogP contribution in [0.1, 0.15) is 36.7 Å². The average Bonchev–Trinajstić information content (AvgIpc) is 3.29. The number of nitrogens with zero attached hydrogens (tertiary/aromatic N) is 3. The van der Waals surface area contributed by atoms with Crippen molar-refractivity contribution in [2.75, 3.05) is 13.1 Å². The number of amides is 1. The Morgan fingerprint density at radius 2 is 2.05 bits per heavy atom. The van der Waals surface area contributed by atoms with Crippen LogP contribution >= 0.6 is 0 Å². The summed E-state index contributed by atoms with van der Waals surface area (Å²) in [6.07, 6.45) is 5.06. The lowest BCUT2D eigenvalue weighted by atomic mass is 10.2. The monoisotopic (exact) mass is 269 g/mol. The minimum absolute atomic E-state index is 0.0111. The highest BCUT2D eigenvalue weighted by atomic mass is 16.2. The molecule has 104 valence electrons. The topological polar surface area (TPSA) is 46.1 Å². The molecule has 0 N–H and O–H groups in total. The molecule has 0 spiro atoms. The lowest BCUT2D eigenvalue weighted by Gasteiger charge is -2.21. The zero-order chi connectivity index (χ0) is 13.9. The maximum absolute atomic E-state index is 12.6. The SMILES string of the molecule is CCCN(CC1CC1)C(=O)c1cnc2ccccc2n1. The van der Waals surface area contributed by atoms with Crippen LogP contribution in [0.5, 0.6) is 0 Å². The van der Waals surface area contributed by atoms with Gasteiger partial charge >= 0.3 is 0 Å². The second-order valence-electron chi connectivity index (χ2n) is 5.44. The Hall–Kier alpha value is -1.97. The number of hydrogen-bond acceptors (Lipinski definition) is 3. The molecule has 0 bridgehead atoms. The van der Waals surface area contributed by atoms with Crippen LogP contribution in [0.3, 0.4) is 0 Å². The molecule has 1 fully saturated rings. The van der Waals surface area contributed by atoms with Gasteiger partial charge in [0.25, 0.3) is 5.91 Å². The summed E-state index contributed by atoms with van der Waals surface area (Å²) in [5.41, 5.74) is 2.06. The van der Waals surface area contributed by atoms with Gasteiger partial charge in [-0.15, -0.1) is 0 Å². The summed E-state index contributed by atoms with van der Waals surface area (Å²) in [5, 5.41) is 0. The van der Waals surface area contributed by atoms with Crippen LogP contribution in [-0.2, 0) is 0 Å². The van der Waals surface area contributed by atoms with E-state index in [1.54, 1.807) is 6.20 Å². The fraction of sp³-hybridized carbons (Fsp3) is 0.438. The van der Waals surface area contributed by atoms with E-state index >= 15 is 0 Å². The van der Waals surface area contributed by atoms with Crippen LogP contribution in [0, 0.1) is 5.92 Å². The van der Waals surface area contributed by atoms with Gasteiger partial charge in [0.2, 0.25) is 0 Å². The van der Waals surface area contributed by atoms with Gasteiger partial charge in [-0.05, 0) is 37.3 Å². The second-order valence-corrected chi connectivity index (χ2v) is 5.44. The highest BCUT2D eigenvalue weighted by Crippen LogP contribution is 2.30. The number of benzene rings is 1. The van der Waals surface area contributed by atoms with E-state index in [4.69, 9.17) is 0 Å². The third-order valence-corrected chi connectivity index (χ3v) is 3.62. The van der Waals surface area contributed by atoms with Crippen LogP contribution in [0.25, 0.3) is 11.0 Å². The Kier molecular flexibility index (Phi) is 3.63. The third-order valence-electron chi connectivity index (χ3n) is 3.62. The predicted octanol–water partition coefficient (Wildman–Crippen LogP) is 2.89. The largest absolute Gasteiger partial charge is 0.337 e. The van der Waals surface area contributed by atoms with E-state index < -0.39 is 0 Å².